The highest BCUT2D eigenvalue weighted by Gasteiger charge is 2.17. The zero-order valence-corrected chi connectivity index (χ0v) is 20.1. The highest BCUT2D eigenvalue weighted by atomic mass is 35.5. The first-order valence-corrected chi connectivity index (χ1v) is 12.6. The van der Waals surface area contributed by atoms with Crippen LogP contribution in [-0.4, -0.2) is 31.4 Å². The van der Waals surface area contributed by atoms with E-state index < -0.39 is 0 Å². The molecular weight excluding hydrogens is 486 g/mol. The second-order valence-corrected chi connectivity index (χ2v) is 9.46. The quantitative estimate of drug-likeness (QED) is 0.259. The van der Waals surface area contributed by atoms with Gasteiger partial charge in [0.15, 0.2) is 16.1 Å². The zero-order valence-electron chi connectivity index (χ0n) is 17.8. The molecule has 2 aromatic heterocycles. The van der Waals surface area contributed by atoms with Crippen molar-refractivity contribution in [2.75, 3.05) is 11.1 Å². The maximum absolute atomic E-state index is 12.7. The molecule has 0 aliphatic heterocycles. The lowest BCUT2D eigenvalue weighted by molar-refractivity contribution is -0.113. The molecule has 0 bridgehead atoms. The lowest BCUT2D eigenvalue weighted by Crippen LogP contribution is -2.14. The number of hydrogen-bond donors (Lipinski definition) is 1. The predicted octanol–water partition coefficient (Wildman–Crippen LogP) is 6.44. The molecule has 6 nitrogen and oxygen atoms in total. The average molecular weight is 504 g/mol. The van der Waals surface area contributed by atoms with Gasteiger partial charge in [-0.1, -0.05) is 84.0 Å². The molecule has 5 rings (SSSR count). The summed E-state index contributed by atoms with van der Waals surface area (Å²) in [4.78, 5) is 17.2. The van der Waals surface area contributed by atoms with Crippen LogP contribution in [0, 0.1) is 0 Å². The lowest BCUT2D eigenvalue weighted by atomic mass is 10.2. The number of hydrogen-bond acceptors (Lipinski definition) is 6. The van der Waals surface area contributed by atoms with E-state index in [1.165, 1.54) is 23.1 Å². The summed E-state index contributed by atoms with van der Waals surface area (Å²) in [6, 6.07) is 27.2. The van der Waals surface area contributed by atoms with Crippen molar-refractivity contribution < 1.29 is 4.79 Å². The van der Waals surface area contributed by atoms with Gasteiger partial charge in [0.05, 0.1) is 11.4 Å². The Labute approximate surface area is 209 Å². The van der Waals surface area contributed by atoms with E-state index in [2.05, 4.69) is 20.5 Å². The molecule has 0 radical (unpaired) electrons. The fourth-order valence-corrected chi connectivity index (χ4v) is 4.93. The molecule has 0 atom stereocenters. The number of carbonyl (C=O) groups is 1. The van der Waals surface area contributed by atoms with Gasteiger partial charge in [-0.25, -0.2) is 4.98 Å². The Morgan fingerprint density at radius 1 is 0.912 bits per heavy atom. The van der Waals surface area contributed by atoms with Crippen molar-refractivity contribution in [2.45, 2.75) is 5.16 Å². The van der Waals surface area contributed by atoms with E-state index in [1.54, 1.807) is 0 Å². The molecule has 0 unspecified atom stereocenters. The number of nitrogens with zero attached hydrogens (tertiary/aromatic N) is 4. The van der Waals surface area contributed by atoms with Crippen molar-refractivity contribution in [1.29, 1.82) is 0 Å². The Morgan fingerprint density at radius 2 is 1.62 bits per heavy atom. The zero-order chi connectivity index (χ0) is 23.3. The summed E-state index contributed by atoms with van der Waals surface area (Å²) in [6.45, 7) is 0. The Hall–Kier alpha value is -3.46. The lowest BCUT2D eigenvalue weighted by Gasteiger charge is -2.10. The molecule has 0 aliphatic rings. The van der Waals surface area contributed by atoms with Crippen LogP contribution >= 0.6 is 34.7 Å². The minimum atomic E-state index is -0.161. The van der Waals surface area contributed by atoms with Crippen LogP contribution < -0.4 is 5.32 Å². The number of halogens is 1. The topological polar surface area (TPSA) is 72.7 Å². The highest BCUT2D eigenvalue weighted by Crippen LogP contribution is 2.29. The van der Waals surface area contributed by atoms with E-state index in [9.17, 15) is 4.79 Å². The molecule has 0 saturated heterocycles. The van der Waals surface area contributed by atoms with Gasteiger partial charge in [-0.2, -0.15) is 0 Å². The van der Waals surface area contributed by atoms with Crippen molar-refractivity contribution in [3.63, 3.8) is 0 Å². The van der Waals surface area contributed by atoms with E-state index >= 15 is 0 Å². The molecule has 3 aromatic carbocycles. The fraction of sp³-hybridized carbons (Fsp3) is 0.0400. The van der Waals surface area contributed by atoms with Crippen molar-refractivity contribution in [2.24, 2.45) is 0 Å². The number of carbonyl (C=O) groups excluding carboxylic acids is 1. The minimum absolute atomic E-state index is 0.161. The third kappa shape index (κ3) is 5.04. The molecule has 34 heavy (non-hydrogen) atoms. The summed E-state index contributed by atoms with van der Waals surface area (Å²) in [5.41, 5.74) is 3.62. The molecule has 168 valence electrons. The van der Waals surface area contributed by atoms with Crippen molar-refractivity contribution in [3.8, 4) is 28.3 Å². The predicted molar refractivity (Wildman–Crippen MR) is 139 cm³/mol. The molecular formula is C25H18ClN5OS2. The molecule has 1 N–H and O–H groups in total. The number of anilines is 1. The van der Waals surface area contributed by atoms with Crippen LogP contribution in [0.4, 0.5) is 5.13 Å². The van der Waals surface area contributed by atoms with Crippen molar-refractivity contribution in [1.82, 2.24) is 19.7 Å². The van der Waals surface area contributed by atoms with Gasteiger partial charge in [-0.15, -0.1) is 21.5 Å². The van der Waals surface area contributed by atoms with Crippen LogP contribution in [0.3, 0.4) is 0 Å². The number of para-hydroxylation sites is 1. The summed E-state index contributed by atoms with van der Waals surface area (Å²) in [5, 5.41) is 15.4. The fourth-order valence-electron chi connectivity index (χ4n) is 3.32. The highest BCUT2D eigenvalue weighted by molar-refractivity contribution is 7.99. The van der Waals surface area contributed by atoms with Gasteiger partial charge in [-0.05, 0) is 24.3 Å². The first-order chi connectivity index (χ1) is 16.7. The number of benzene rings is 3. The van der Waals surface area contributed by atoms with Gasteiger partial charge < -0.3 is 5.32 Å². The Bertz CT molecular complexity index is 1400. The van der Waals surface area contributed by atoms with E-state index in [1.807, 2.05) is 94.9 Å². The number of nitrogens with one attached hydrogen (secondary N) is 1. The number of aromatic nitrogens is 4. The molecule has 0 saturated carbocycles. The average Bonchev–Trinajstić information content (AvgIpc) is 3.51. The van der Waals surface area contributed by atoms with Gasteiger partial charge in [0.1, 0.15) is 0 Å². The summed E-state index contributed by atoms with van der Waals surface area (Å²) in [5.74, 6) is 0.739. The van der Waals surface area contributed by atoms with E-state index in [4.69, 9.17) is 11.6 Å². The third-order valence-electron chi connectivity index (χ3n) is 4.90. The number of amides is 1. The molecule has 5 aromatic rings. The van der Waals surface area contributed by atoms with E-state index in [0.717, 1.165) is 28.3 Å². The summed E-state index contributed by atoms with van der Waals surface area (Å²) in [6.07, 6.45) is 0. The number of thioether (sulfide) groups is 1. The van der Waals surface area contributed by atoms with Crippen LogP contribution in [0.2, 0.25) is 5.02 Å². The van der Waals surface area contributed by atoms with Crippen molar-refractivity contribution >= 4 is 45.7 Å². The minimum Gasteiger partial charge on any atom is -0.301 e. The first-order valence-electron chi connectivity index (χ1n) is 10.4. The van der Waals surface area contributed by atoms with Gasteiger partial charge in [0, 0.05) is 27.2 Å². The normalized spacial score (nSPS) is 10.9. The maximum atomic E-state index is 12.7. The van der Waals surface area contributed by atoms with Crippen LogP contribution in [0.25, 0.3) is 28.3 Å². The molecule has 0 fully saturated rings. The van der Waals surface area contributed by atoms with Crippen molar-refractivity contribution in [3.05, 3.63) is 95.3 Å². The molecule has 0 aliphatic carbocycles. The van der Waals surface area contributed by atoms with Gasteiger partial charge in [0.2, 0.25) is 5.91 Å². The third-order valence-corrected chi connectivity index (χ3v) is 6.84. The Balaban J connectivity index is 1.31. The largest absolute Gasteiger partial charge is 0.301 e. The van der Waals surface area contributed by atoms with Gasteiger partial charge in [-0.3, -0.25) is 9.36 Å². The van der Waals surface area contributed by atoms with Gasteiger partial charge in [0.25, 0.3) is 0 Å². The van der Waals surface area contributed by atoms with Crippen LogP contribution in [-0.2, 0) is 4.79 Å². The molecule has 1 amide bonds. The second-order valence-electron chi connectivity index (χ2n) is 7.22. The Morgan fingerprint density at radius 3 is 2.35 bits per heavy atom. The monoisotopic (exact) mass is 503 g/mol. The Kier molecular flexibility index (Phi) is 6.71. The number of thiazole rings is 1. The second kappa shape index (κ2) is 10.2. The van der Waals surface area contributed by atoms with Gasteiger partial charge >= 0.3 is 0 Å². The standard InChI is InChI=1S/C25H18ClN5OS2/c26-19-13-11-17(12-14-19)21-15-33-24(27-21)28-22(32)16-34-25-30-29-23(18-7-3-1-4-8-18)31(25)20-9-5-2-6-10-20/h1-15H,16H2,(H,27,28,32). The van der Waals surface area contributed by atoms with E-state index in [-0.39, 0.29) is 11.7 Å². The SMILES string of the molecule is O=C(CSc1nnc(-c2ccccc2)n1-c1ccccc1)Nc1nc(-c2ccc(Cl)cc2)cs1. The smallest absolute Gasteiger partial charge is 0.236 e. The van der Waals surface area contributed by atoms with E-state index in [0.29, 0.717) is 15.3 Å². The molecule has 9 heteroatoms. The summed E-state index contributed by atoms with van der Waals surface area (Å²) >= 11 is 8.67. The van der Waals surface area contributed by atoms with Crippen LogP contribution in [0.5, 0.6) is 0 Å². The summed E-state index contributed by atoms with van der Waals surface area (Å²) < 4.78 is 1.97. The number of rotatable bonds is 7. The maximum Gasteiger partial charge on any atom is 0.236 e. The molecule has 2 heterocycles. The van der Waals surface area contributed by atoms with Crippen LogP contribution in [0.1, 0.15) is 0 Å². The summed E-state index contributed by atoms with van der Waals surface area (Å²) in [7, 11) is 0. The molecule has 0 spiro atoms. The van der Waals surface area contributed by atoms with Crippen LogP contribution in [0.15, 0.2) is 95.5 Å². The first kappa shape index (κ1) is 22.3.